The van der Waals surface area contributed by atoms with E-state index in [2.05, 4.69) is 64.9 Å². The van der Waals surface area contributed by atoms with E-state index in [9.17, 15) is 9.18 Å². The monoisotopic (exact) mass is 521 g/mol. The van der Waals surface area contributed by atoms with Gasteiger partial charge in [0.15, 0.2) is 0 Å². The van der Waals surface area contributed by atoms with Gasteiger partial charge in [0.2, 0.25) is 0 Å². The number of fused-ring (bicyclic) bond motifs is 1. The lowest BCUT2D eigenvalue weighted by atomic mass is 9.88. The quantitative estimate of drug-likeness (QED) is 0.334. The summed E-state index contributed by atoms with van der Waals surface area (Å²) in [4.78, 5) is 14.5. The normalized spacial score (nSPS) is 15.0. The van der Waals surface area contributed by atoms with Gasteiger partial charge in [-0.05, 0) is 86.2 Å². The van der Waals surface area contributed by atoms with Crippen LogP contribution in [0.1, 0.15) is 49.2 Å². The molecule has 1 amide bonds. The molecule has 1 heterocycles. The number of carbonyl (C=O) groups excluding carboxylic acids is 1. The number of nitrogens with one attached hydrogen (secondary N) is 1. The Morgan fingerprint density at radius 1 is 1.33 bits per heavy atom. The highest BCUT2D eigenvalue weighted by Crippen LogP contribution is 2.39. The molecule has 0 aliphatic carbocycles. The Morgan fingerprint density at radius 3 is 2.73 bits per heavy atom. The van der Waals surface area contributed by atoms with E-state index in [1.54, 1.807) is 37.4 Å². The van der Waals surface area contributed by atoms with Gasteiger partial charge in [0, 0.05) is 28.9 Å². The number of anilines is 1. The molecule has 2 aromatic rings. The summed E-state index contributed by atoms with van der Waals surface area (Å²) in [5.74, 6) is -0.167. The summed E-state index contributed by atoms with van der Waals surface area (Å²) in [7, 11) is 1.55. The first kappa shape index (κ1) is 22.3. The molecular formula is C23H25FIN3O2. The fourth-order valence-corrected chi connectivity index (χ4v) is 4.37. The molecule has 0 atom stereocenters. The average Bonchev–Trinajstić information content (AvgIpc) is 2.68. The minimum atomic E-state index is -0.394. The molecule has 7 heteroatoms. The Bertz CT molecular complexity index is 1050. The third kappa shape index (κ3) is 4.35. The maximum Gasteiger partial charge on any atom is 0.271 e. The molecule has 0 spiro atoms. The molecular weight excluding hydrogens is 496 g/mol. The summed E-state index contributed by atoms with van der Waals surface area (Å²) in [5, 5.41) is 3.96. The van der Waals surface area contributed by atoms with Gasteiger partial charge >= 0.3 is 0 Å². The van der Waals surface area contributed by atoms with E-state index in [0.717, 1.165) is 26.9 Å². The predicted octanol–water partition coefficient (Wildman–Crippen LogP) is 5.22. The zero-order valence-corrected chi connectivity index (χ0v) is 19.9. The lowest BCUT2D eigenvalue weighted by Gasteiger charge is -2.42. The minimum Gasteiger partial charge on any atom is -0.496 e. The summed E-state index contributed by atoms with van der Waals surface area (Å²) in [6, 6.07) is 8.44. The number of likely N-dealkylation sites (N-methyl/N-ethyl adjacent to an activating group) is 1. The number of benzene rings is 2. The lowest BCUT2D eigenvalue weighted by molar-refractivity contribution is 0.0954. The van der Waals surface area contributed by atoms with Crippen molar-refractivity contribution in [2.75, 3.05) is 18.6 Å². The Balaban J connectivity index is 1.83. The van der Waals surface area contributed by atoms with Crippen molar-refractivity contribution in [3.8, 4) is 5.75 Å². The summed E-state index contributed by atoms with van der Waals surface area (Å²) < 4.78 is 20.9. The van der Waals surface area contributed by atoms with E-state index >= 15 is 0 Å². The van der Waals surface area contributed by atoms with Crippen LogP contribution in [0.5, 0.6) is 5.75 Å². The van der Waals surface area contributed by atoms with Crippen LogP contribution in [0.4, 0.5) is 10.1 Å². The Morgan fingerprint density at radius 2 is 2.07 bits per heavy atom. The van der Waals surface area contributed by atoms with Crippen LogP contribution in [0.3, 0.4) is 0 Å². The van der Waals surface area contributed by atoms with Crippen molar-refractivity contribution in [3.05, 3.63) is 62.5 Å². The van der Waals surface area contributed by atoms with Gasteiger partial charge in [-0.2, -0.15) is 5.10 Å². The van der Waals surface area contributed by atoms with Crippen LogP contribution in [0.15, 0.2) is 41.5 Å². The van der Waals surface area contributed by atoms with E-state index in [1.807, 2.05) is 6.92 Å². The van der Waals surface area contributed by atoms with Gasteiger partial charge in [-0.3, -0.25) is 4.79 Å². The highest BCUT2D eigenvalue weighted by molar-refractivity contribution is 14.1. The van der Waals surface area contributed by atoms with Gasteiger partial charge < -0.3 is 9.64 Å². The van der Waals surface area contributed by atoms with Crippen molar-refractivity contribution < 1.29 is 13.9 Å². The molecule has 0 radical (unpaired) electrons. The van der Waals surface area contributed by atoms with Gasteiger partial charge in [-0.1, -0.05) is 6.08 Å². The largest absolute Gasteiger partial charge is 0.496 e. The van der Waals surface area contributed by atoms with Crippen LogP contribution >= 0.6 is 22.6 Å². The molecule has 0 bridgehead atoms. The van der Waals surface area contributed by atoms with Crippen LogP contribution in [-0.2, 0) is 0 Å². The van der Waals surface area contributed by atoms with Crippen molar-refractivity contribution in [1.82, 2.24) is 5.43 Å². The Kier molecular flexibility index (Phi) is 6.50. The number of ether oxygens (including phenoxy) is 1. The van der Waals surface area contributed by atoms with E-state index in [4.69, 9.17) is 4.74 Å². The van der Waals surface area contributed by atoms with Crippen molar-refractivity contribution >= 4 is 46.0 Å². The minimum absolute atomic E-state index is 0.184. The molecule has 158 valence electrons. The number of amides is 1. The second kappa shape index (κ2) is 8.75. The van der Waals surface area contributed by atoms with Gasteiger partial charge in [0.05, 0.1) is 22.4 Å². The molecule has 5 nitrogen and oxygen atoms in total. The first-order chi connectivity index (χ1) is 14.2. The van der Waals surface area contributed by atoms with Gasteiger partial charge in [0.25, 0.3) is 5.91 Å². The SMILES string of the molecule is CCN1c2cc(F)c(/C=N/NC(=O)c3ccc(I)c(OC)c3)cc2C(C)=CC1(C)C. The van der Waals surface area contributed by atoms with E-state index in [1.165, 1.54) is 6.21 Å². The number of nitrogens with zero attached hydrogens (tertiary/aromatic N) is 2. The Hall–Kier alpha value is -2.42. The van der Waals surface area contributed by atoms with Gasteiger partial charge in [0.1, 0.15) is 11.6 Å². The molecule has 0 unspecified atom stereocenters. The predicted molar refractivity (Wildman–Crippen MR) is 128 cm³/mol. The average molecular weight is 521 g/mol. The molecule has 1 N–H and O–H groups in total. The van der Waals surface area contributed by atoms with E-state index < -0.39 is 5.91 Å². The fraction of sp³-hybridized carbons (Fsp3) is 0.304. The number of halogens is 2. The standard InChI is InChI=1S/C23H25FIN3O2/c1-6-28-20-11-18(24)16(9-17(20)14(2)12-23(28,3)4)13-26-27-22(29)15-7-8-19(25)21(10-15)30-5/h7-13H,6H2,1-5H3,(H,27,29)/b26-13+. The molecule has 0 aromatic heterocycles. The number of allylic oxidation sites excluding steroid dienone is 1. The van der Waals surface area contributed by atoms with Crippen LogP contribution in [-0.4, -0.2) is 31.3 Å². The molecule has 1 aliphatic rings. The van der Waals surface area contributed by atoms with Crippen LogP contribution in [0.25, 0.3) is 5.57 Å². The second-order valence-corrected chi connectivity index (χ2v) is 8.83. The summed E-state index contributed by atoms with van der Waals surface area (Å²) in [6.45, 7) is 9.09. The fourth-order valence-electron chi connectivity index (χ4n) is 3.82. The first-order valence-electron chi connectivity index (χ1n) is 9.66. The second-order valence-electron chi connectivity index (χ2n) is 7.66. The number of hydrazone groups is 1. The first-order valence-corrected chi connectivity index (χ1v) is 10.7. The van der Waals surface area contributed by atoms with Crippen LogP contribution < -0.4 is 15.1 Å². The van der Waals surface area contributed by atoms with Gasteiger partial charge in [-0.25, -0.2) is 9.82 Å². The number of carbonyl (C=O) groups is 1. The highest BCUT2D eigenvalue weighted by atomic mass is 127. The van der Waals surface area contributed by atoms with Crippen LogP contribution in [0.2, 0.25) is 0 Å². The van der Waals surface area contributed by atoms with Crippen molar-refractivity contribution in [2.45, 2.75) is 33.2 Å². The van der Waals surface area contributed by atoms with E-state index in [0.29, 0.717) is 16.9 Å². The van der Waals surface area contributed by atoms with Crippen molar-refractivity contribution in [3.63, 3.8) is 0 Å². The van der Waals surface area contributed by atoms with E-state index in [-0.39, 0.29) is 11.4 Å². The molecule has 2 aromatic carbocycles. The number of rotatable bonds is 5. The molecule has 0 fully saturated rings. The third-order valence-electron chi connectivity index (χ3n) is 5.20. The number of hydrogen-bond acceptors (Lipinski definition) is 4. The number of methoxy groups -OCH3 is 1. The molecule has 3 rings (SSSR count). The highest BCUT2D eigenvalue weighted by Gasteiger charge is 2.30. The third-order valence-corrected chi connectivity index (χ3v) is 6.09. The van der Waals surface area contributed by atoms with Crippen molar-refractivity contribution in [1.29, 1.82) is 0 Å². The molecule has 0 saturated carbocycles. The van der Waals surface area contributed by atoms with Crippen LogP contribution in [0, 0.1) is 9.39 Å². The van der Waals surface area contributed by atoms with Gasteiger partial charge in [-0.15, -0.1) is 0 Å². The molecule has 0 saturated heterocycles. The number of hydrogen-bond donors (Lipinski definition) is 1. The molecule has 30 heavy (non-hydrogen) atoms. The van der Waals surface area contributed by atoms with Crippen molar-refractivity contribution in [2.24, 2.45) is 5.10 Å². The topological polar surface area (TPSA) is 53.9 Å². The zero-order chi connectivity index (χ0) is 22.1. The Labute approximate surface area is 190 Å². The summed E-state index contributed by atoms with van der Waals surface area (Å²) >= 11 is 2.13. The summed E-state index contributed by atoms with van der Waals surface area (Å²) in [6.07, 6.45) is 3.52. The maximum absolute atomic E-state index is 14.8. The maximum atomic E-state index is 14.8. The molecule has 1 aliphatic heterocycles. The summed E-state index contributed by atoms with van der Waals surface area (Å²) in [5.41, 5.74) is 5.92. The lowest BCUT2D eigenvalue weighted by Crippen LogP contribution is -2.45. The smallest absolute Gasteiger partial charge is 0.271 e. The zero-order valence-electron chi connectivity index (χ0n) is 17.7.